The first-order chi connectivity index (χ1) is 10.5. The van der Waals surface area contributed by atoms with Gasteiger partial charge in [-0.3, -0.25) is 4.79 Å². The molecule has 2 unspecified atom stereocenters. The summed E-state index contributed by atoms with van der Waals surface area (Å²) in [6.45, 7) is 2.02. The number of nitrogens with zero attached hydrogens (tertiary/aromatic N) is 1. The first-order valence-electron chi connectivity index (χ1n) is 7.51. The molecule has 0 amide bonds. The van der Waals surface area contributed by atoms with E-state index in [2.05, 4.69) is 11.9 Å². The SMILES string of the molecule is COc1cc(C(CN)C(=O)O)ccc1OC1CCCN(C)C1. The summed E-state index contributed by atoms with van der Waals surface area (Å²) in [6.07, 6.45) is 2.24. The molecule has 0 aliphatic carbocycles. The standard InChI is InChI=1S/C16H24N2O4/c1-18-7-3-4-12(10-18)22-14-6-5-11(8-15(14)21-2)13(9-17)16(19)20/h5-6,8,12-13H,3-4,7,9-10,17H2,1-2H3,(H,19,20). The topological polar surface area (TPSA) is 85.0 Å². The number of carboxylic acids is 1. The van der Waals surface area contributed by atoms with Crippen molar-refractivity contribution in [2.45, 2.75) is 24.9 Å². The van der Waals surface area contributed by atoms with E-state index in [4.69, 9.17) is 15.2 Å². The molecular formula is C16H24N2O4. The fraction of sp³-hybridized carbons (Fsp3) is 0.562. The predicted octanol–water partition coefficient (Wildman–Crippen LogP) is 1.30. The third kappa shape index (κ3) is 3.90. The molecule has 2 atom stereocenters. The number of likely N-dealkylation sites (tertiary alicyclic amines) is 1. The minimum Gasteiger partial charge on any atom is -0.493 e. The van der Waals surface area contributed by atoms with Crippen LogP contribution in [0.3, 0.4) is 0 Å². The third-order valence-electron chi connectivity index (χ3n) is 4.00. The first-order valence-corrected chi connectivity index (χ1v) is 7.51. The van der Waals surface area contributed by atoms with E-state index in [-0.39, 0.29) is 12.6 Å². The van der Waals surface area contributed by atoms with Crippen LogP contribution in [0.4, 0.5) is 0 Å². The van der Waals surface area contributed by atoms with Crippen LogP contribution in [0.1, 0.15) is 24.3 Å². The average Bonchev–Trinajstić information content (AvgIpc) is 2.49. The normalized spacial score (nSPS) is 20.4. The maximum atomic E-state index is 11.2. The van der Waals surface area contributed by atoms with Crippen LogP contribution in [0.15, 0.2) is 18.2 Å². The van der Waals surface area contributed by atoms with Gasteiger partial charge in [0.05, 0.1) is 13.0 Å². The van der Waals surface area contributed by atoms with Gasteiger partial charge >= 0.3 is 5.97 Å². The van der Waals surface area contributed by atoms with Crippen molar-refractivity contribution in [3.63, 3.8) is 0 Å². The highest BCUT2D eigenvalue weighted by atomic mass is 16.5. The van der Waals surface area contributed by atoms with Crippen LogP contribution in [0.2, 0.25) is 0 Å². The zero-order chi connectivity index (χ0) is 16.1. The second kappa shape index (κ2) is 7.47. The van der Waals surface area contributed by atoms with Gasteiger partial charge in [-0.2, -0.15) is 0 Å². The number of hydrogen-bond donors (Lipinski definition) is 2. The lowest BCUT2D eigenvalue weighted by Crippen LogP contribution is -2.38. The van der Waals surface area contributed by atoms with E-state index < -0.39 is 11.9 Å². The van der Waals surface area contributed by atoms with Crippen molar-refractivity contribution >= 4 is 5.97 Å². The summed E-state index contributed by atoms with van der Waals surface area (Å²) in [6, 6.07) is 5.22. The van der Waals surface area contributed by atoms with Gasteiger partial charge < -0.3 is 25.2 Å². The Bertz CT molecular complexity index is 521. The van der Waals surface area contributed by atoms with Gasteiger partial charge in [0.25, 0.3) is 0 Å². The Morgan fingerprint density at radius 2 is 2.27 bits per heavy atom. The summed E-state index contributed by atoms with van der Waals surface area (Å²) in [5, 5.41) is 9.19. The van der Waals surface area contributed by atoms with E-state index in [1.165, 1.54) is 0 Å². The monoisotopic (exact) mass is 308 g/mol. The molecule has 0 radical (unpaired) electrons. The van der Waals surface area contributed by atoms with Crippen molar-refractivity contribution in [3.05, 3.63) is 23.8 Å². The average molecular weight is 308 g/mol. The number of carboxylic acid groups (broad SMARTS) is 1. The molecule has 6 heteroatoms. The van der Waals surface area contributed by atoms with Crippen LogP contribution in [-0.2, 0) is 4.79 Å². The largest absolute Gasteiger partial charge is 0.493 e. The second-order valence-corrected chi connectivity index (χ2v) is 5.68. The number of likely N-dealkylation sites (N-methyl/N-ethyl adjacent to an activating group) is 1. The van der Waals surface area contributed by atoms with Gasteiger partial charge in [-0.15, -0.1) is 0 Å². The summed E-state index contributed by atoms with van der Waals surface area (Å²) in [5.74, 6) is -0.478. The molecule has 6 nitrogen and oxygen atoms in total. The Balaban J connectivity index is 2.16. The fourth-order valence-electron chi connectivity index (χ4n) is 2.77. The Morgan fingerprint density at radius 3 is 2.86 bits per heavy atom. The molecule has 0 bridgehead atoms. The summed E-state index contributed by atoms with van der Waals surface area (Å²) >= 11 is 0. The van der Waals surface area contributed by atoms with E-state index in [9.17, 15) is 9.90 Å². The van der Waals surface area contributed by atoms with Gasteiger partial charge in [-0.25, -0.2) is 0 Å². The van der Waals surface area contributed by atoms with Gasteiger partial charge in [0, 0.05) is 13.1 Å². The number of rotatable bonds is 6. The van der Waals surface area contributed by atoms with Gasteiger partial charge in [0.15, 0.2) is 11.5 Å². The van der Waals surface area contributed by atoms with E-state index >= 15 is 0 Å². The van der Waals surface area contributed by atoms with Gasteiger partial charge in [0.2, 0.25) is 0 Å². The molecule has 1 aromatic carbocycles. The lowest BCUT2D eigenvalue weighted by molar-refractivity contribution is -0.138. The predicted molar refractivity (Wildman–Crippen MR) is 83.6 cm³/mol. The molecule has 0 spiro atoms. The van der Waals surface area contributed by atoms with Crippen LogP contribution < -0.4 is 15.2 Å². The zero-order valence-electron chi connectivity index (χ0n) is 13.1. The van der Waals surface area contributed by atoms with Crippen molar-refractivity contribution in [2.75, 3.05) is 33.8 Å². The van der Waals surface area contributed by atoms with E-state index in [0.29, 0.717) is 17.1 Å². The smallest absolute Gasteiger partial charge is 0.312 e. The highest BCUT2D eigenvalue weighted by molar-refractivity contribution is 5.76. The van der Waals surface area contributed by atoms with Crippen molar-refractivity contribution < 1.29 is 19.4 Å². The number of nitrogens with two attached hydrogens (primary N) is 1. The molecule has 1 fully saturated rings. The van der Waals surface area contributed by atoms with Gasteiger partial charge in [-0.1, -0.05) is 6.07 Å². The fourth-order valence-corrected chi connectivity index (χ4v) is 2.77. The van der Waals surface area contributed by atoms with Crippen LogP contribution in [0.25, 0.3) is 0 Å². The number of hydrogen-bond acceptors (Lipinski definition) is 5. The Morgan fingerprint density at radius 1 is 1.50 bits per heavy atom. The molecular weight excluding hydrogens is 284 g/mol. The Kier molecular flexibility index (Phi) is 5.63. The number of carbonyl (C=O) groups is 1. The quantitative estimate of drug-likeness (QED) is 0.824. The molecule has 1 aliphatic heterocycles. The second-order valence-electron chi connectivity index (χ2n) is 5.68. The summed E-state index contributed by atoms with van der Waals surface area (Å²) in [5.41, 5.74) is 6.17. The van der Waals surface area contributed by atoms with Crippen molar-refractivity contribution in [3.8, 4) is 11.5 Å². The zero-order valence-corrected chi connectivity index (χ0v) is 13.1. The molecule has 1 saturated heterocycles. The summed E-state index contributed by atoms with van der Waals surface area (Å²) < 4.78 is 11.4. The van der Waals surface area contributed by atoms with Crippen LogP contribution in [0.5, 0.6) is 11.5 Å². The van der Waals surface area contributed by atoms with Crippen molar-refractivity contribution in [2.24, 2.45) is 5.73 Å². The lowest BCUT2D eigenvalue weighted by atomic mass is 9.99. The minimum absolute atomic E-state index is 0.0477. The number of aliphatic carboxylic acids is 1. The Hall–Kier alpha value is -1.79. The van der Waals surface area contributed by atoms with E-state index in [0.717, 1.165) is 25.9 Å². The van der Waals surface area contributed by atoms with Crippen LogP contribution in [0, 0.1) is 0 Å². The van der Waals surface area contributed by atoms with Crippen LogP contribution in [-0.4, -0.2) is 55.9 Å². The molecule has 1 heterocycles. The number of piperidine rings is 1. The maximum Gasteiger partial charge on any atom is 0.312 e. The highest BCUT2D eigenvalue weighted by Gasteiger charge is 2.22. The van der Waals surface area contributed by atoms with Gasteiger partial charge in [-0.05, 0) is 44.1 Å². The third-order valence-corrected chi connectivity index (χ3v) is 4.00. The molecule has 3 N–H and O–H groups in total. The number of benzene rings is 1. The van der Waals surface area contributed by atoms with Crippen LogP contribution >= 0.6 is 0 Å². The van der Waals surface area contributed by atoms with Crippen molar-refractivity contribution in [1.82, 2.24) is 4.90 Å². The van der Waals surface area contributed by atoms with E-state index in [1.807, 2.05) is 0 Å². The molecule has 0 aromatic heterocycles. The molecule has 0 saturated carbocycles. The maximum absolute atomic E-state index is 11.2. The minimum atomic E-state index is -0.938. The summed E-state index contributed by atoms with van der Waals surface area (Å²) in [7, 11) is 3.63. The van der Waals surface area contributed by atoms with Crippen molar-refractivity contribution in [1.29, 1.82) is 0 Å². The summed E-state index contributed by atoms with van der Waals surface area (Å²) in [4.78, 5) is 13.5. The lowest BCUT2D eigenvalue weighted by Gasteiger charge is -2.30. The molecule has 2 rings (SSSR count). The molecule has 122 valence electrons. The van der Waals surface area contributed by atoms with Gasteiger partial charge in [0.1, 0.15) is 6.10 Å². The van der Waals surface area contributed by atoms with E-state index in [1.54, 1.807) is 25.3 Å². The highest BCUT2D eigenvalue weighted by Crippen LogP contribution is 2.32. The molecule has 1 aromatic rings. The number of ether oxygens (including phenoxy) is 2. The number of methoxy groups -OCH3 is 1. The molecule has 22 heavy (non-hydrogen) atoms. The Labute approximate surface area is 130 Å². The molecule has 1 aliphatic rings. The first kappa shape index (κ1) is 16.6.